The lowest BCUT2D eigenvalue weighted by molar-refractivity contribution is 0.0919. The van der Waals surface area contributed by atoms with Gasteiger partial charge in [-0.1, -0.05) is 40.5 Å². The Hall–Kier alpha value is -1.71. The number of carbonyl (C=O) groups is 1. The van der Waals surface area contributed by atoms with Crippen LogP contribution in [0.3, 0.4) is 0 Å². The zero-order valence-electron chi connectivity index (χ0n) is 16.4. The number of hydrogen-bond acceptors (Lipinski definition) is 3. The van der Waals surface area contributed by atoms with Crippen LogP contribution in [0.25, 0.3) is 0 Å². The fourth-order valence-electron chi connectivity index (χ4n) is 3.39. The molecular weight excluding hydrogens is 314 g/mol. The smallest absolute Gasteiger partial charge is 0.255 e. The van der Waals surface area contributed by atoms with Gasteiger partial charge in [-0.05, 0) is 42.2 Å². The lowest BCUT2D eigenvalue weighted by Gasteiger charge is -2.29. The predicted molar refractivity (Wildman–Crippen MR) is 101 cm³/mol. The van der Waals surface area contributed by atoms with Crippen molar-refractivity contribution < 1.29 is 14.3 Å². The van der Waals surface area contributed by atoms with Gasteiger partial charge < -0.3 is 14.8 Å². The van der Waals surface area contributed by atoms with Gasteiger partial charge in [-0.25, -0.2) is 0 Å². The Labute approximate surface area is 152 Å². The van der Waals surface area contributed by atoms with Crippen LogP contribution in [0.15, 0.2) is 18.2 Å². The minimum absolute atomic E-state index is 0.0671. The van der Waals surface area contributed by atoms with Crippen molar-refractivity contribution in [2.24, 2.45) is 17.3 Å². The molecule has 2 unspecified atom stereocenters. The van der Waals surface area contributed by atoms with E-state index in [0.717, 1.165) is 6.42 Å². The molecule has 0 radical (unpaired) electrons. The molecule has 4 nitrogen and oxygen atoms in total. The first-order chi connectivity index (χ1) is 11.9. The summed E-state index contributed by atoms with van der Waals surface area (Å²) < 4.78 is 11.2. The molecule has 1 aliphatic carbocycles. The van der Waals surface area contributed by atoms with Crippen molar-refractivity contribution in [3.63, 3.8) is 0 Å². The summed E-state index contributed by atoms with van der Waals surface area (Å²) in [5.74, 6) is 2.44. The average molecular weight is 347 g/mol. The number of ether oxygens (including phenoxy) is 2. The van der Waals surface area contributed by atoms with Crippen LogP contribution >= 0.6 is 0 Å². The fourth-order valence-corrected chi connectivity index (χ4v) is 3.39. The van der Waals surface area contributed by atoms with E-state index in [9.17, 15) is 4.79 Å². The zero-order valence-corrected chi connectivity index (χ0v) is 16.4. The van der Waals surface area contributed by atoms with Gasteiger partial charge in [0.25, 0.3) is 5.91 Å². The summed E-state index contributed by atoms with van der Waals surface area (Å²) in [7, 11) is 1.62. The van der Waals surface area contributed by atoms with Gasteiger partial charge in [-0.2, -0.15) is 0 Å². The highest BCUT2D eigenvalue weighted by molar-refractivity contribution is 5.97. The molecule has 0 aromatic heterocycles. The molecule has 25 heavy (non-hydrogen) atoms. The summed E-state index contributed by atoms with van der Waals surface area (Å²) in [6, 6.07) is 5.40. The molecule has 1 fully saturated rings. The van der Waals surface area contributed by atoms with Crippen molar-refractivity contribution in [2.75, 3.05) is 20.3 Å². The summed E-state index contributed by atoms with van der Waals surface area (Å²) in [6.45, 7) is 10.2. The Morgan fingerprint density at radius 2 is 2.16 bits per heavy atom. The highest BCUT2D eigenvalue weighted by Gasteiger charge is 2.36. The van der Waals surface area contributed by atoms with Crippen LogP contribution in [0.5, 0.6) is 11.5 Å². The van der Waals surface area contributed by atoms with Crippen molar-refractivity contribution in [1.82, 2.24) is 5.32 Å². The standard InChI is InChI=1S/C21H33NO3/c1-15(2)10-12-25-19-13-17(24-5)8-9-18(19)20(23)22-14-21(4)11-6-7-16(21)3/h8-9,13,15-16H,6-7,10-12,14H2,1-5H3,(H,22,23). The molecule has 1 aliphatic rings. The fraction of sp³-hybridized carbons (Fsp3) is 0.667. The maximum atomic E-state index is 12.7. The molecule has 2 atom stereocenters. The topological polar surface area (TPSA) is 47.6 Å². The number of rotatable bonds is 8. The third-order valence-electron chi connectivity index (χ3n) is 5.61. The molecule has 0 saturated heterocycles. The van der Waals surface area contributed by atoms with E-state index in [1.54, 1.807) is 19.2 Å². The molecule has 1 aromatic carbocycles. The molecule has 1 aromatic rings. The Bertz CT molecular complexity index is 585. The summed E-state index contributed by atoms with van der Waals surface area (Å²) in [4.78, 5) is 12.7. The van der Waals surface area contributed by atoms with Gasteiger partial charge >= 0.3 is 0 Å². The van der Waals surface area contributed by atoms with Crippen LogP contribution < -0.4 is 14.8 Å². The second-order valence-corrected chi connectivity index (χ2v) is 8.02. The third-order valence-corrected chi connectivity index (χ3v) is 5.61. The van der Waals surface area contributed by atoms with E-state index in [0.29, 0.717) is 42.0 Å². The first-order valence-corrected chi connectivity index (χ1v) is 9.45. The van der Waals surface area contributed by atoms with Gasteiger partial charge in [0.05, 0.1) is 19.3 Å². The van der Waals surface area contributed by atoms with Gasteiger partial charge in [0.1, 0.15) is 11.5 Å². The molecule has 0 spiro atoms. The Kier molecular flexibility index (Phi) is 6.74. The number of hydrogen-bond donors (Lipinski definition) is 1. The molecule has 4 heteroatoms. The van der Waals surface area contributed by atoms with Gasteiger partial charge in [0, 0.05) is 12.6 Å². The van der Waals surface area contributed by atoms with Crippen molar-refractivity contribution in [2.45, 2.75) is 53.4 Å². The molecule has 2 rings (SSSR count). The minimum Gasteiger partial charge on any atom is -0.497 e. The third kappa shape index (κ3) is 5.13. The SMILES string of the molecule is COc1ccc(C(=O)NCC2(C)CCCC2C)c(OCCC(C)C)c1. The lowest BCUT2D eigenvalue weighted by Crippen LogP contribution is -2.37. The monoisotopic (exact) mass is 347 g/mol. The summed E-state index contributed by atoms with van der Waals surface area (Å²) in [5.41, 5.74) is 0.777. The largest absolute Gasteiger partial charge is 0.497 e. The molecule has 1 N–H and O–H groups in total. The molecule has 0 heterocycles. The molecule has 1 saturated carbocycles. The number of methoxy groups -OCH3 is 1. The van der Waals surface area contributed by atoms with E-state index in [-0.39, 0.29) is 11.3 Å². The Balaban J connectivity index is 2.06. The van der Waals surface area contributed by atoms with Crippen LogP contribution in [-0.4, -0.2) is 26.2 Å². The molecule has 0 aliphatic heterocycles. The summed E-state index contributed by atoms with van der Waals surface area (Å²) >= 11 is 0. The molecule has 1 amide bonds. The van der Waals surface area contributed by atoms with Crippen molar-refractivity contribution in [3.8, 4) is 11.5 Å². The average Bonchev–Trinajstić information content (AvgIpc) is 2.91. The normalized spacial score (nSPS) is 22.9. The van der Waals surface area contributed by atoms with Gasteiger partial charge in [-0.15, -0.1) is 0 Å². The lowest BCUT2D eigenvalue weighted by atomic mass is 9.81. The van der Waals surface area contributed by atoms with Crippen LogP contribution in [0.1, 0.15) is 63.7 Å². The highest BCUT2D eigenvalue weighted by atomic mass is 16.5. The van der Waals surface area contributed by atoms with E-state index >= 15 is 0 Å². The summed E-state index contributed by atoms with van der Waals surface area (Å²) in [5, 5.41) is 3.13. The van der Waals surface area contributed by atoms with E-state index < -0.39 is 0 Å². The molecule has 140 valence electrons. The maximum absolute atomic E-state index is 12.7. The Morgan fingerprint density at radius 1 is 1.40 bits per heavy atom. The van der Waals surface area contributed by atoms with Crippen LogP contribution in [0.2, 0.25) is 0 Å². The Morgan fingerprint density at radius 3 is 2.76 bits per heavy atom. The number of nitrogens with one attached hydrogen (secondary N) is 1. The maximum Gasteiger partial charge on any atom is 0.255 e. The second-order valence-electron chi connectivity index (χ2n) is 8.02. The van der Waals surface area contributed by atoms with Gasteiger partial charge in [0.15, 0.2) is 0 Å². The van der Waals surface area contributed by atoms with Crippen molar-refractivity contribution in [3.05, 3.63) is 23.8 Å². The zero-order chi connectivity index (χ0) is 18.4. The van der Waals surface area contributed by atoms with Crippen molar-refractivity contribution >= 4 is 5.91 Å². The molecular formula is C21H33NO3. The van der Waals surface area contributed by atoms with Gasteiger partial charge in [0.2, 0.25) is 0 Å². The number of carbonyl (C=O) groups excluding carboxylic acids is 1. The first kappa shape index (κ1) is 19.6. The quantitative estimate of drug-likeness (QED) is 0.743. The van der Waals surface area contributed by atoms with Crippen molar-refractivity contribution in [1.29, 1.82) is 0 Å². The van der Waals surface area contributed by atoms with E-state index in [2.05, 4.69) is 33.0 Å². The number of amides is 1. The van der Waals surface area contributed by atoms with E-state index in [1.807, 2.05) is 6.07 Å². The predicted octanol–water partition coefficient (Wildman–Crippen LogP) is 4.68. The van der Waals surface area contributed by atoms with Crippen LogP contribution in [0, 0.1) is 17.3 Å². The van der Waals surface area contributed by atoms with E-state index in [4.69, 9.17) is 9.47 Å². The van der Waals surface area contributed by atoms with E-state index in [1.165, 1.54) is 19.3 Å². The highest BCUT2D eigenvalue weighted by Crippen LogP contribution is 2.42. The molecule has 0 bridgehead atoms. The second kappa shape index (κ2) is 8.59. The van der Waals surface area contributed by atoms with Gasteiger partial charge in [-0.3, -0.25) is 4.79 Å². The first-order valence-electron chi connectivity index (χ1n) is 9.45. The van der Waals surface area contributed by atoms with Crippen LogP contribution in [-0.2, 0) is 0 Å². The summed E-state index contributed by atoms with van der Waals surface area (Å²) in [6.07, 6.45) is 4.63. The minimum atomic E-state index is -0.0671. The van der Waals surface area contributed by atoms with Crippen LogP contribution in [0.4, 0.5) is 0 Å². The number of benzene rings is 1.